The number of anilines is 1. The number of nitrogens with two attached hydrogens (primary N) is 2. The second kappa shape index (κ2) is 49.2. The van der Waals surface area contributed by atoms with Crippen molar-refractivity contribution < 1.29 is 91.5 Å². The maximum atomic E-state index is 14.9. The number of aliphatic hydroxyl groups excluding tert-OH is 1. The van der Waals surface area contributed by atoms with Gasteiger partial charge in [0.05, 0.1) is 61.5 Å². The zero-order valence-corrected chi connectivity index (χ0v) is 68.1. The van der Waals surface area contributed by atoms with Crippen molar-refractivity contribution >= 4 is 99.9 Å². The number of nitrogens with zero attached hydrogens (tertiary/aromatic N) is 3. The first kappa shape index (κ1) is 96.0. The van der Waals surface area contributed by atoms with Gasteiger partial charge in [-0.15, -0.1) is 11.8 Å². The van der Waals surface area contributed by atoms with Crippen LogP contribution >= 0.6 is 11.8 Å². The number of urea groups is 1. The van der Waals surface area contributed by atoms with Gasteiger partial charge in [0.1, 0.15) is 23.4 Å². The molecule has 2 aromatic rings. The summed E-state index contributed by atoms with van der Waals surface area (Å²) in [7, 11) is 6.19. The largest absolute Gasteiger partial charge is 0.480 e. The molecule has 11 N–H and O–H groups in total. The number of hydrogen-bond acceptors (Lipinski definition) is 20. The maximum absolute atomic E-state index is 14.9. The lowest BCUT2D eigenvalue weighted by atomic mass is 9.83. The third-order valence-electron chi connectivity index (χ3n) is 20.7. The molecule has 2 aromatic carbocycles. The summed E-state index contributed by atoms with van der Waals surface area (Å²) in [4.78, 5) is 190. The van der Waals surface area contributed by atoms with Crippen LogP contribution in [0.5, 0.6) is 0 Å². The number of unbranched alkanes of at least 4 members (excludes halogenated alkanes) is 2. The molecule has 29 nitrogen and oxygen atoms in total. The van der Waals surface area contributed by atoms with Gasteiger partial charge >= 0.3 is 18.1 Å². The molecule has 14 atom stereocenters. The van der Waals surface area contributed by atoms with Gasteiger partial charge in [0.15, 0.2) is 17.3 Å². The minimum atomic E-state index is -1.30. The zero-order valence-electron chi connectivity index (χ0n) is 67.3. The summed E-state index contributed by atoms with van der Waals surface area (Å²) in [5.74, 6) is -9.62. The average molecular weight is 1560 g/mol. The van der Waals surface area contributed by atoms with Crippen molar-refractivity contribution in [2.45, 2.75) is 239 Å². The molecule has 3 rings (SSSR count). The number of thioether (sulfide) groups is 1. The summed E-state index contributed by atoms with van der Waals surface area (Å²) < 4.78 is 17.9. The highest BCUT2D eigenvalue weighted by Crippen LogP contribution is 2.34. The first-order valence-corrected chi connectivity index (χ1v) is 39.7. The number of primary amides is 1. The molecule has 30 heteroatoms. The zero-order chi connectivity index (χ0) is 82.6. The Hall–Kier alpha value is -8.19. The fourth-order valence-electron chi connectivity index (χ4n) is 14.0. The molecule has 1 fully saturated rings. The van der Waals surface area contributed by atoms with E-state index in [0.717, 1.165) is 17.3 Å². The number of amides is 9. The minimum absolute atomic E-state index is 0.0323. The van der Waals surface area contributed by atoms with Crippen LogP contribution in [0.25, 0.3) is 0 Å². The van der Waals surface area contributed by atoms with E-state index >= 15 is 0 Å². The third kappa shape index (κ3) is 31.9. The van der Waals surface area contributed by atoms with Crippen molar-refractivity contribution in [1.29, 1.82) is 0 Å². The molecule has 1 aliphatic heterocycles. The first-order valence-electron chi connectivity index (χ1n) is 38.6. The van der Waals surface area contributed by atoms with Crippen molar-refractivity contribution in [2.75, 3.05) is 65.6 Å². The molecule has 2 unspecified atom stereocenters. The highest BCUT2D eigenvalue weighted by Gasteiger charge is 2.44. The molecule has 1 heterocycles. The molecule has 0 radical (unpaired) electrons. The SMILES string of the molecule is CC[C@H](C)[C@@H]([C@@H](CC(=O)N1CCC[C@H]1[C@H](OC)[C@@H](C)C(=O)C[C@H](C)[C@@H](O)c1ccccc1)OC)N(C)C(=O)[C@@H](CC(=O)[C@H](C(C)C)N(C)C(=O)OCc1ccc(NC(=O)[C@H](CCCNC(N)=O)CC(=O)[C@@H](NC(=O)CCCCCNC(=O)CC(SCC(NC(=O)CN)C(=O)CCC(C)=O)C(=O)O)C(C)C)cc1)C(C)C. The van der Waals surface area contributed by atoms with Gasteiger partial charge in [0, 0.05) is 122 Å². The Bertz CT molecular complexity index is 3340. The number of benzene rings is 2. The molecule has 616 valence electrons. The average Bonchev–Trinajstić information content (AvgIpc) is 1.41. The number of carbonyl (C=O) groups is 14. The van der Waals surface area contributed by atoms with Crippen LogP contribution in [0.1, 0.15) is 196 Å². The predicted octanol–water partition coefficient (Wildman–Crippen LogP) is 7.50. The number of hydrogen-bond donors (Lipinski definition) is 9. The Morgan fingerprint density at radius 3 is 1.90 bits per heavy atom. The molecule has 0 aliphatic carbocycles. The van der Waals surface area contributed by atoms with Crippen molar-refractivity contribution in [3.8, 4) is 0 Å². The fraction of sp³-hybridized carbons (Fsp3) is 0.675. The number of methoxy groups -OCH3 is 2. The van der Waals surface area contributed by atoms with Crippen LogP contribution in [0.4, 0.5) is 15.3 Å². The number of carbonyl (C=O) groups excluding carboxylic acids is 13. The highest BCUT2D eigenvalue weighted by atomic mass is 32.2. The molecular formula is C80H126N10O19S. The Kier molecular flexibility index (Phi) is 43.0. The molecule has 1 aliphatic rings. The Morgan fingerprint density at radius 1 is 0.673 bits per heavy atom. The number of carboxylic acids is 1. The van der Waals surface area contributed by atoms with Crippen LogP contribution < -0.4 is 38.1 Å². The summed E-state index contributed by atoms with van der Waals surface area (Å²) in [5.41, 5.74) is 12.3. The highest BCUT2D eigenvalue weighted by molar-refractivity contribution is 8.00. The van der Waals surface area contributed by atoms with Crippen LogP contribution in [0.15, 0.2) is 54.6 Å². The quantitative estimate of drug-likeness (QED) is 0.0289. The molecule has 1 saturated heterocycles. The van der Waals surface area contributed by atoms with Gasteiger partial charge in [0.2, 0.25) is 35.4 Å². The number of aliphatic carboxylic acids is 1. The molecule has 0 spiro atoms. The fourth-order valence-corrected chi connectivity index (χ4v) is 15.1. The number of nitrogens with one attached hydrogen (secondary N) is 5. The van der Waals surface area contributed by atoms with E-state index in [1.165, 1.54) is 26.0 Å². The van der Waals surface area contributed by atoms with Gasteiger partial charge in [-0.2, -0.15) is 0 Å². The molecule has 0 bridgehead atoms. The van der Waals surface area contributed by atoms with Crippen LogP contribution in [-0.4, -0.2) is 215 Å². The lowest BCUT2D eigenvalue weighted by Gasteiger charge is -2.41. The Morgan fingerprint density at radius 2 is 1.33 bits per heavy atom. The van der Waals surface area contributed by atoms with E-state index in [4.69, 9.17) is 25.7 Å². The lowest BCUT2D eigenvalue weighted by molar-refractivity contribution is -0.149. The second-order valence-corrected chi connectivity index (χ2v) is 31.5. The Labute approximate surface area is 653 Å². The monoisotopic (exact) mass is 1560 g/mol. The molecule has 110 heavy (non-hydrogen) atoms. The number of aliphatic hydroxyl groups is 1. The summed E-state index contributed by atoms with van der Waals surface area (Å²) in [5, 5.41) is 32.9. The summed E-state index contributed by atoms with van der Waals surface area (Å²) in [6.07, 6.45) is -0.367. The molecule has 0 saturated carbocycles. The van der Waals surface area contributed by atoms with Gasteiger partial charge in [-0.25, -0.2) is 9.59 Å². The van der Waals surface area contributed by atoms with Crippen molar-refractivity contribution in [3.05, 3.63) is 65.7 Å². The van der Waals surface area contributed by atoms with Crippen molar-refractivity contribution in [2.24, 2.45) is 58.8 Å². The number of ether oxygens (including phenoxy) is 3. The van der Waals surface area contributed by atoms with E-state index in [1.807, 2.05) is 71.9 Å². The number of rotatable bonds is 53. The molecule has 9 amide bonds. The maximum Gasteiger partial charge on any atom is 0.410 e. The number of Topliss-reactive ketones (excluding diaryl/α,β-unsaturated/α-hetero) is 5. The third-order valence-corrected chi connectivity index (χ3v) is 22.0. The van der Waals surface area contributed by atoms with Gasteiger partial charge in [-0.05, 0) is 98.3 Å². The van der Waals surface area contributed by atoms with Crippen molar-refractivity contribution in [3.63, 3.8) is 0 Å². The second-order valence-electron chi connectivity index (χ2n) is 30.3. The summed E-state index contributed by atoms with van der Waals surface area (Å²) >= 11 is 0.796. The predicted molar refractivity (Wildman–Crippen MR) is 418 cm³/mol. The van der Waals surface area contributed by atoms with Crippen LogP contribution in [0.2, 0.25) is 0 Å². The van der Waals surface area contributed by atoms with Crippen LogP contribution in [0.3, 0.4) is 0 Å². The topological polar surface area (TPSA) is 429 Å². The first-order chi connectivity index (χ1) is 51.9. The number of carboxylic acid groups (broad SMARTS) is 1. The van der Waals surface area contributed by atoms with Gasteiger partial charge in [0.25, 0.3) is 0 Å². The summed E-state index contributed by atoms with van der Waals surface area (Å²) in [6, 6.07) is 10.8. The number of likely N-dealkylation sites (N-methyl/N-ethyl adjacent to an activating group) is 2. The minimum Gasteiger partial charge on any atom is -0.480 e. The van der Waals surface area contributed by atoms with E-state index in [0.29, 0.717) is 56.3 Å². The lowest BCUT2D eigenvalue weighted by Crippen LogP contribution is -2.54. The standard InChI is InChI=1S/C80H126N10O19S/c1-16-50(8)73(65(107-14)42-70(99)90-38-24-28-60(90)75(108-15)53(11)62(93)39-51(9)74(100)55-25-19-17-20-26-55)88(12)77(102)58(47(2)3)41-64(95)72(49(6)7)89(13)80(106)109-45-54-31-33-57(34-32-54)85-76(101)56(27-23-37-84-79(82)105)40-63(94)71(48(4)5)87-67(96)29-21-18-22-36-83-68(97)43-66(78(103)104)110-46-59(86-69(98)44-81)61(92)35-30-52(10)91/h17,19-20,25-26,31-34,47-51,53,56,58-60,65-66,71-75,100H,16,18,21-24,27-30,35-46,81H2,1-15H3,(H,83,97)(H,85,101)(H,86,98)(H,87,96)(H,103,104)(H3,82,84,105)/t50-,51-,53-,56+,58-,59?,60-,65+,66?,71-,72-,73-,74+,75+/m0/s1. The van der Waals surface area contributed by atoms with Gasteiger partial charge in [-0.1, -0.05) is 125 Å². The van der Waals surface area contributed by atoms with E-state index < -0.39 is 144 Å². The van der Waals surface area contributed by atoms with Crippen molar-refractivity contribution in [1.82, 2.24) is 36.0 Å². The number of likely N-dealkylation sites (tertiary alicyclic amines) is 1. The molecule has 0 aromatic heterocycles. The van der Waals surface area contributed by atoms with E-state index in [-0.39, 0.29) is 136 Å². The van der Waals surface area contributed by atoms with E-state index in [1.54, 1.807) is 75.9 Å². The summed E-state index contributed by atoms with van der Waals surface area (Å²) in [6.45, 7) is 19.9. The smallest absolute Gasteiger partial charge is 0.410 e. The van der Waals surface area contributed by atoms with Gasteiger partial charge < -0.3 is 82.0 Å². The van der Waals surface area contributed by atoms with Crippen LogP contribution in [0, 0.1) is 47.3 Å². The normalized spacial score (nSPS) is 16.4. The van der Waals surface area contributed by atoms with E-state index in [9.17, 15) is 77.3 Å². The van der Waals surface area contributed by atoms with Gasteiger partial charge in [-0.3, -0.25) is 52.7 Å². The number of ketones is 5. The molecular weight excluding hydrogens is 1440 g/mol. The van der Waals surface area contributed by atoms with E-state index in [2.05, 4.69) is 26.6 Å². The van der Waals surface area contributed by atoms with Crippen LogP contribution in [-0.2, 0) is 78.4 Å². The Balaban J connectivity index is 1.63.